The van der Waals surface area contributed by atoms with Crippen molar-refractivity contribution in [1.82, 2.24) is 4.90 Å². The second-order valence-corrected chi connectivity index (χ2v) is 5.97. The summed E-state index contributed by atoms with van der Waals surface area (Å²) < 4.78 is 38.5. The fourth-order valence-electron chi connectivity index (χ4n) is 2.35. The molecule has 1 saturated heterocycles. The Hall–Kier alpha value is -1.61. The van der Waals surface area contributed by atoms with Crippen LogP contribution in [-0.4, -0.2) is 34.2 Å². The number of alkyl halides is 3. The van der Waals surface area contributed by atoms with E-state index in [0.29, 0.717) is 13.0 Å². The highest BCUT2D eigenvalue weighted by Crippen LogP contribution is 2.33. The fraction of sp³-hybridized carbons (Fsp3) is 0.462. The summed E-state index contributed by atoms with van der Waals surface area (Å²) in [6.45, 7) is 0.160. The number of anilines is 1. The van der Waals surface area contributed by atoms with Crippen LogP contribution in [0.2, 0.25) is 5.02 Å². The first kappa shape index (κ1) is 17.7. The fourth-order valence-corrected chi connectivity index (χ4v) is 2.79. The number of nitro groups is 1. The molecule has 23 heavy (non-hydrogen) atoms. The number of nitrogens with zero attached hydrogens (tertiary/aromatic N) is 2. The van der Waals surface area contributed by atoms with Gasteiger partial charge in [0.2, 0.25) is 0 Å². The third kappa shape index (κ3) is 4.44. The zero-order chi connectivity index (χ0) is 17.2. The molecular weight excluding hydrogens is 355 g/mol. The normalized spacial score (nSPS) is 18.6. The Balaban J connectivity index is 2.10. The molecule has 1 atom stereocenters. The molecule has 0 radical (unpaired) electrons. The lowest BCUT2D eigenvalue weighted by Crippen LogP contribution is -2.46. The van der Waals surface area contributed by atoms with Crippen LogP contribution in [0.15, 0.2) is 18.2 Å². The average Bonchev–Trinajstić information content (AvgIpc) is 2.48. The zero-order valence-corrected chi connectivity index (χ0v) is 13.3. The van der Waals surface area contributed by atoms with Crippen molar-refractivity contribution in [2.45, 2.75) is 19.0 Å². The van der Waals surface area contributed by atoms with Gasteiger partial charge in [0.05, 0.1) is 21.6 Å². The third-order valence-electron chi connectivity index (χ3n) is 3.57. The Kier molecular flexibility index (Phi) is 5.30. The number of non-ortho nitro benzene ring substituents is 1. The Bertz CT molecular complexity index is 627. The van der Waals surface area contributed by atoms with Crippen LogP contribution in [0.25, 0.3) is 0 Å². The van der Waals surface area contributed by atoms with E-state index in [1.807, 2.05) is 0 Å². The van der Waals surface area contributed by atoms with Crippen molar-refractivity contribution in [2.75, 3.05) is 18.4 Å². The molecule has 5 nitrogen and oxygen atoms in total. The number of halogens is 4. The molecule has 0 aromatic heterocycles. The number of hydrogen-bond acceptors (Lipinski definition) is 3. The van der Waals surface area contributed by atoms with Crippen molar-refractivity contribution < 1.29 is 18.1 Å². The molecule has 2 rings (SSSR count). The monoisotopic (exact) mass is 367 g/mol. The van der Waals surface area contributed by atoms with Crippen LogP contribution in [0.3, 0.4) is 0 Å². The number of likely N-dealkylation sites (tertiary alicyclic amines) is 1. The van der Waals surface area contributed by atoms with Gasteiger partial charge in [0, 0.05) is 25.2 Å². The molecule has 0 saturated carbocycles. The quantitative estimate of drug-likeness (QED) is 0.482. The first-order chi connectivity index (χ1) is 10.7. The summed E-state index contributed by atoms with van der Waals surface area (Å²) in [5, 5.41) is 13.7. The van der Waals surface area contributed by atoms with Crippen molar-refractivity contribution in [3.8, 4) is 0 Å². The number of nitro benzene ring substituents is 1. The zero-order valence-electron chi connectivity index (χ0n) is 11.8. The highest BCUT2D eigenvalue weighted by Gasteiger charge is 2.42. The molecule has 0 amide bonds. The van der Waals surface area contributed by atoms with E-state index in [2.05, 4.69) is 5.32 Å². The van der Waals surface area contributed by atoms with E-state index < -0.39 is 17.0 Å². The van der Waals surface area contributed by atoms with Gasteiger partial charge in [-0.2, -0.15) is 13.2 Å². The van der Waals surface area contributed by atoms with Gasteiger partial charge in [0.25, 0.3) is 5.69 Å². The summed E-state index contributed by atoms with van der Waals surface area (Å²) in [6, 6.07) is 3.76. The largest absolute Gasteiger partial charge is 0.393 e. The van der Waals surface area contributed by atoms with Gasteiger partial charge in [0.1, 0.15) is 0 Å². The minimum absolute atomic E-state index is 0.0696. The maximum absolute atomic E-state index is 12.8. The van der Waals surface area contributed by atoms with Crippen LogP contribution in [0.5, 0.6) is 0 Å². The second kappa shape index (κ2) is 6.88. The molecule has 0 spiro atoms. The molecule has 1 aromatic carbocycles. The van der Waals surface area contributed by atoms with Gasteiger partial charge >= 0.3 is 6.18 Å². The van der Waals surface area contributed by atoms with E-state index in [1.165, 1.54) is 23.1 Å². The number of rotatable bonds is 2. The summed E-state index contributed by atoms with van der Waals surface area (Å²) >= 11 is 11.1. The Morgan fingerprint density at radius 2 is 2.17 bits per heavy atom. The van der Waals surface area contributed by atoms with E-state index in [-0.39, 0.29) is 34.5 Å². The lowest BCUT2D eigenvalue weighted by Gasteiger charge is -2.35. The predicted octanol–water partition coefficient (Wildman–Crippen LogP) is 4.22. The molecule has 1 aliphatic rings. The van der Waals surface area contributed by atoms with E-state index in [9.17, 15) is 23.3 Å². The summed E-state index contributed by atoms with van der Waals surface area (Å²) in [5.74, 6) is -1.43. The van der Waals surface area contributed by atoms with Gasteiger partial charge in [-0.05, 0) is 31.1 Å². The highest BCUT2D eigenvalue weighted by molar-refractivity contribution is 7.80. The van der Waals surface area contributed by atoms with Crippen LogP contribution in [-0.2, 0) is 0 Å². The van der Waals surface area contributed by atoms with Crippen LogP contribution >= 0.6 is 23.8 Å². The maximum Gasteiger partial charge on any atom is 0.393 e. The average molecular weight is 368 g/mol. The lowest BCUT2D eigenvalue weighted by molar-refractivity contribution is -0.384. The summed E-state index contributed by atoms with van der Waals surface area (Å²) in [7, 11) is 0. The lowest BCUT2D eigenvalue weighted by atomic mass is 9.98. The van der Waals surface area contributed by atoms with Crippen molar-refractivity contribution in [3.05, 3.63) is 33.3 Å². The molecule has 1 aliphatic heterocycles. The summed E-state index contributed by atoms with van der Waals surface area (Å²) in [6.07, 6.45) is -3.83. The number of benzene rings is 1. The summed E-state index contributed by atoms with van der Waals surface area (Å²) in [4.78, 5) is 11.6. The van der Waals surface area contributed by atoms with E-state index in [4.69, 9.17) is 23.8 Å². The first-order valence-corrected chi connectivity index (χ1v) is 7.53. The number of hydrogen-bond donors (Lipinski definition) is 1. The predicted molar refractivity (Wildman–Crippen MR) is 84.7 cm³/mol. The smallest absolute Gasteiger partial charge is 0.348 e. The minimum atomic E-state index is -4.27. The van der Waals surface area contributed by atoms with Crippen LogP contribution in [0.1, 0.15) is 12.8 Å². The van der Waals surface area contributed by atoms with Crippen molar-refractivity contribution in [2.24, 2.45) is 5.92 Å². The Morgan fingerprint density at radius 1 is 1.48 bits per heavy atom. The molecular formula is C13H13ClF3N3O2S. The Morgan fingerprint density at radius 3 is 2.78 bits per heavy atom. The molecule has 1 heterocycles. The maximum atomic E-state index is 12.8. The van der Waals surface area contributed by atoms with Gasteiger partial charge < -0.3 is 10.2 Å². The Labute approximate surface area is 140 Å². The standard InChI is InChI=1S/C13H13ClF3N3O2S/c14-10-4-3-9(20(21)22)6-11(10)18-12(23)19-5-1-2-8(7-19)13(15,16)17/h3-4,6,8H,1-2,5,7H2,(H,18,23)/t8-/m0/s1. The van der Waals surface area contributed by atoms with Gasteiger partial charge in [0.15, 0.2) is 5.11 Å². The highest BCUT2D eigenvalue weighted by atomic mass is 35.5. The van der Waals surface area contributed by atoms with Crippen LogP contribution in [0, 0.1) is 16.0 Å². The SMILES string of the molecule is O=[N+]([O-])c1ccc(Cl)c(NC(=S)N2CCC[C@H](C(F)(F)F)C2)c1. The van der Waals surface area contributed by atoms with Gasteiger partial charge in [-0.3, -0.25) is 10.1 Å². The number of thiocarbonyl (C=S) groups is 1. The minimum Gasteiger partial charge on any atom is -0.348 e. The van der Waals surface area contributed by atoms with Gasteiger partial charge in [-0.15, -0.1) is 0 Å². The molecule has 1 fully saturated rings. The van der Waals surface area contributed by atoms with Crippen LogP contribution < -0.4 is 5.32 Å². The molecule has 126 valence electrons. The van der Waals surface area contributed by atoms with Gasteiger partial charge in [-0.1, -0.05) is 11.6 Å². The molecule has 0 unspecified atom stereocenters. The third-order valence-corrected chi connectivity index (χ3v) is 4.26. The van der Waals surface area contributed by atoms with E-state index >= 15 is 0 Å². The molecule has 10 heteroatoms. The number of piperidine rings is 1. The van der Waals surface area contributed by atoms with E-state index in [0.717, 1.165) is 0 Å². The van der Waals surface area contributed by atoms with Crippen LogP contribution in [0.4, 0.5) is 24.5 Å². The molecule has 1 aromatic rings. The van der Waals surface area contributed by atoms with Crippen molar-refractivity contribution in [3.63, 3.8) is 0 Å². The van der Waals surface area contributed by atoms with Crippen molar-refractivity contribution >= 4 is 40.3 Å². The molecule has 1 N–H and O–H groups in total. The second-order valence-electron chi connectivity index (χ2n) is 5.18. The molecule has 0 bridgehead atoms. The molecule has 0 aliphatic carbocycles. The van der Waals surface area contributed by atoms with Gasteiger partial charge in [-0.25, -0.2) is 0 Å². The number of nitrogens with one attached hydrogen (secondary N) is 1. The summed E-state index contributed by atoms with van der Waals surface area (Å²) in [5.41, 5.74) is 0.00603. The van der Waals surface area contributed by atoms with E-state index in [1.54, 1.807) is 0 Å². The topological polar surface area (TPSA) is 58.4 Å². The first-order valence-electron chi connectivity index (χ1n) is 6.75. The van der Waals surface area contributed by atoms with Crippen molar-refractivity contribution in [1.29, 1.82) is 0 Å².